The molecule has 1 N–H and O–H groups in total. The van der Waals surface area contributed by atoms with Crippen LogP contribution in [-0.2, 0) is 0 Å². The molecule has 0 aromatic rings. The van der Waals surface area contributed by atoms with E-state index in [-0.39, 0.29) is 0 Å². The van der Waals surface area contributed by atoms with Crippen molar-refractivity contribution >= 4 is 11.8 Å². The topological polar surface area (TPSA) is 12.0 Å². The molecule has 0 bridgehead atoms. The van der Waals surface area contributed by atoms with Gasteiger partial charge in [-0.1, -0.05) is 27.7 Å². The monoisotopic (exact) mass is 243 g/mol. The molecule has 0 saturated carbocycles. The third-order valence-electron chi connectivity index (χ3n) is 3.60. The summed E-state index contributed by atoms with van der Waals surface area (Å²) in [5.41, 5.74) is 0.403. The Balaban J connectivity index is 2.41. The van der Waals surface area contributed by atoms with Crippen LogP contribution in [0.25, 0.3) is 0 Å². The Hall–Kier alpha value is 0.310. The first-order chi connectivity index (χ1) is 7.54. The molecule has 0 amide bonds. The quantitative estimate of drug-likeness (QED) is 0.785. The molecule has 1 aliphatic heterocycles. The maximum absolute atomic E-state index is 3.75. The highest BCUT2D eigenvalue weighted by atomic mass is 32.2. The maximum Gasteiger partial charge on any atom is 0.0118 e. The van der Waals surface area contributed by atoms with Gasteiger partial charge in [0.15, 0.2) is 0 Å². The maximum atomic E-state index is 3.75. The van der Waals surface area contributed by atoms with Gasteiger partial charge < -0.3 is 5.32 Å². The first-order valence-electron chi connectivity index (χ1n) is 6.85. The van der Waals surface area contributed by atoms with Gasteiger partial charge in [0.05, 0.1) is 0 Å². The van der Waals surface area contributed by atoms with Crippen LogP contribution in [0.4, 0.5) is 0 Å². The predicted molar refractivity (Wildman–Crippen MR) is 76.2 cm³/mol. The van der Waals surface area contributed by atoms with Crippen LogP contribution in [0.5, 0.6) is 0 Å². The minimum Gasteiger partial charge on any atom is -0.313 e. The fraction of sp³-hybridized carbons (Fsp3) is 1.00. The first-order valence-corrected chi connectivity index (χ1v) is 8.00. The summed E-state index contributed by atoms with van der Waals surface area (Å²) in [5, 5.41) is 3.75. The third-order valence-corrected chi connectivity index (χ3v) is 4.64. The van der Waals surface area contributed by atoms with Crippen molar-refractivity contribution in [3.63, 3.8) is 0 Å². The van der Waals surface area contributed by atoms with E-state index in [4.69, 9.17) is 0 Å². The van der Waals surface area contributed by atoms with Crippen LogP contribution in [0.1, 0.15) is 53.4 Å². The highest BCUT2D eigenvalue weighted by molar-refractivity contribution is 7.99. The average molecular weight is 243 g/mol. The van der Waals surface area contributed by atoms with Crippen LogP contribution in [0, 0.1) is 11.3 Å². The molecule has 0 radical (unpaired) electrons. The van der Waals surface area contributed by atoms with Crippen LogP contribution >= 0.6 is 11.8 Å². The van der Waals surface area contributed by atoms with Gasteiger partial charge in [0, 0.05) is 6.04 Å². The molecular weight excluding hydrogens is 214 g/mol. The van der Waals surface area contributed by atoms with Gasteiger partial charge in [-0.25, -0.2) is 0 Å². The smallest absolute Gasteiger partial charge is 0.0118 e. The lowest BCUT2D eigenvalue weighted by molar-refractivity contribution is 0.220. The molecule has 0 spiro atoms. The van der Waals surface area contributed by atoms with Gasteiger partial charge in [0.1, 0.15) is 0 Å². The molecule has 1 nitrogen and oxygen atoms in total. The summed E-state index contributed by atoms with van der Waals surface area (Å²) in [4.78, 5) is 0. The molecule has 1 saturated heterocycles. The second-order valence-electron chi connectivity index (χ2n) is 6.16. The second-order valence-corrected chi connectivity index (χ2v) is 7.39. The fourth-order valence-electron chi connectivity index (χ4n) is 2.38. The number of nitrogens with one attached hydrogen (secondary N) is 1. The van der Waals surface area contributed by atoms with Crippen molar-refractivity contribution < 1.29 is 0 Å². The minimum absolute atomic E-state index is 0.403. The average Bonchev–Trinajstić information content (AvgIpc) is 2.24. The highest BCUT2D eigenvalue weighted by Gasteiger charge is 2.27. The molecule has 0 aromatic heterocycles. The number of hydrogen-bond acceptors (Lipinski definition) is 2. The molecule has 2 heteroatoms. The van der Waals surface area contributed by atoms with Crippen LogP contribution in [0.2, 0.25) is 0 Å². The Kier molecular flexibility index (Phi) is 6.20. The van der Waals surface area contributed by atoms with Gasteiger partial charge in [-0.15, -0.1) is 0 Å². The van der Waals surface area contributed by atoms with E-state index in [1.165, 1.54) is 43.7 Å². The van der Waals surface area contributed by atoms with Crippen molar-refractivity contribution in [2.45, 2.75) is 59.4 Å². The summed E-state index contributed by atoms with van der Waals surface area (Å²) in [6, 6.07) is 0.695. The van der Waals surface area contributed by atoms with E-state index < -0.39 is 0 Å². The molecule has 0 aliphatic carbocycles. The minimum atomic E-state index is 0.403. The zero-order valence-electron chi connectivity index (χ0n) is 11.5. The predicted octanol–water partition coefficient (Wildman–Crippen LogP) is 3.93. The SMILES string of the molecule is CCCNC(CC1CCSCC1)C(C)(C)C. The molecule has 0 aromatic carbocycles. The zero-order valence-corrected chi connectivity index (χ0v) is 12.3. The standard InChI is InChI=1S/C14H29NS/c1-5-8-15-13(14(2,3)4)11-12-6-9-16-10-7-12/h12-13,15H,5-11H2,1-4H3. The van der Waals surface area contributed by atoms with Gasteiger partial charge in [-0.3, -0.25) is 0 Å². The van der Waals surface area contributed by atoms with Crippen molar-refractivity contribution in [3.8, 4) is 0 Å². The molecule has 16 heavy (non-hydrogen) atoms. The molecule has 1 aliphatic rings. The van der Waals surface area contributed by atoms with Crippen molar-refractivity contribution in [2.24, 2.45) is 11.3 Å². The summed E-state index contributed by atoms with van der Waals surface area (Å²) in [6.45, 7) is 10.5. The van der Waals surface area contributed by atoms with E-state index in [2.05, 4.69) is 44.8 Å². The van der Waals surface area contributed by atoms with Gasteiger partial charge >= 0.3 is 0 Å². The molecule has 1 fully saturated rings. The fourth-order valence-corrected chi connectivity index (χ4v) is 3.58. The van der Waals surface area contributed by atoms with Gasteiger partial charge in [-0.05, 0) is 55.1 Å². The third kappa shape index (κ3) is 5.09. The zero-order chi connectivity index (χ0) is 12.0. The Bertz CT molecular complexity index is 180. The van der Waals surface area contributed by atoms with E-state index >= 15 is 0 Å². The van der Waals surface area contributed by atoms with Gasteiger partial charge in [0.25, 0.3) is 0 Å². The van der Waals surface area contributed by atoms with E-state index in [0.717, 1.165) is 5.92 Å². The summed E-state index contributed by atoms with van der Waals surface area (Å²) in [7, 11) is 0. The van der Waals surface area contributed by atoms with Crippen LogP contribution in [0.3, 0.4) is 0 Å². The van der Waals surface area contributed by atoms with E-state index in [1.807, 2.05) is 0 Å². The first kappa shape index (κ1) is 14.4. The Labute approximate surface area is 106 Å². The van der Waals surface area contributed by atoms with Crippen molar-refractivity contribution in [1.82, 2.24) is 5.32 Å². The largest absolute Gasteiger partial charge is 0.313 e. The Morgan fingerprint density at radius 3 is 2.38 bits per heavy atom. The summed E-state index contributed by atoms with van der Waals surface area (Å²) in [6.07, 6.45) is 5.49. The van der Waals surface area contributed by atoms with E-state index in [9.17, 15) is 0 Å². The molecule has 1 rings (SSSR count). The lowest BCUT2D eigenvalue weighted by Crippen LogP contribution is -2.42. The van der Waals surface area contributed by atoms with Gasteiger partial charge in [0.2, 0.25) is 0 Å². The van der Waals surface area contributed by atoms with Crippen molar-refractivity contribution in [2.75, 3.05) is 18.1 Å². The van der Waals surface area contributed by atoms with E-state index in [0.29, 0.717) is 11.5 Å². The normalized spacial score (nSPS) is 21.0. The molecule has 96 valence electrons. The van der Waals surface area contributed by atoms with Crippen LogP contribution in [0.15, 0.2) is 0 Å². The lowest BCUT2D eigenvalue weighted by atomic mass is 9.80. The summed E-state index contributed by atoms with van der Waals surface area (Å²) >= 11 is 2.13. The molecular formula is C14H29NS. The Morgan fingerprint density at radius 2 is 1.88 bits per heavy atom. The van der Waals surface area contributed by atoms with E-state index in [1.54, 1.807) is 0 Å². The van der Waals surface area contributed by atoms with Crippen molar-refractivity contribution in [1.29, 1.82) is 0 Å². The van der Waals surface area contributed by atoms with Crippen LogP contribution in [-0.4, -0.2) is 24.1 Å². The Morgan fingerprint density at radius 1 is 1.25 bits per heavy atom. The van der Waals surface area contributed by atoms with Crippen LogP contribution < -0.4 is 5.32 Å². The molecule has 1 heterocycles. The second kappa shape index (κ2) is 6.90. The number of thioether (sulfide) groups is 1. The number of rotatable bonds is 5. The highest BCUT2D eigenvalue weighted by Crippen LogP contribution is 2.31. The van der Waals surface area contributed by atoms with Gasteiger partial charge in [-0.2, -0.15) is 11.8 Å². The van der Waals surface area contributed by atoms with Crippen molar-refractivity contribution in [3.05, 3.63) is 0 Å². The lowest BCUT2D eigenvalue weighted by Gasteiger charge is -2.35. The summed E-state index contributed by atoms with van der Waals surface area (Å²) < 4.78 is 0. The summed E-state index contributed by atoms with van der Waals surface area (Å²) in [5.74, 6) is 3.74. The molecule has 1 atom stereocenters. The molecule has 1 unspecified atom stereocenters. The number of hydrogen-bond donors (Lipinski definition) is 1.